The Labute approximate surface area is 161 Å². The molecule has 1 N–H and O–H groups in total. The molecular formula is C21H19N3O4. The summed E-state index contributed by atoms with van der Waals surface area (Å²) >= 11 is 0. The molecule has 0 saturated heterocycles. The predicted molar refractivity (Wildman–Crippen MR) is 108 cm³/mol. The molecule has 0 aliphatic heterocycles. The van der Waals surface area contributed by atoms with E-state index in [2.05, 4.69) is 10.5 Å². The van der Waals surface area contributed by atoms with Gasteiger partial charge in [-0.15, -0.1) is 0 Å². The lowest BCUT2D eigenvalue weighted by Gasteiger charge is -2.11. The second kappa shape index (κ2) is 8.77. The van der Waals surface area contributed by atoms with Crippen molar-refractivity contribution < 1.29 is 14.5 Å². The first kappa shape index (κ1) is 19.0. The Morgan fingerprint density at radius 2 is 2.00 bits per heavy atom. The quantitative estimate of drug-likeness (QED) is 0.377. The van der Waals surface area contributed by atoms with Crippen molar-refractivity contribution in [2.75, 3.05) is 6.61 Å². The maximum Gasteiger partial charge on any atom is 0.271 e. The van der Waals surface area contributed by atoms with Crippen LogP contribution in [0.25, 0.3) is 10.8 Å². The lowest BCUT2D eigenvalue weighted by atomic mass is 10.0. The number of benzene rings is 3. The maximum absolute atomic E-state index is 12.3. The highest BCUT2D eigenvalue weighted by molar-refractivity contribution is 6.03. The molecule has 0 aliphatic rings. The van der Waals surface area contributed by atoms with Crippen molar-refractivity contribution in [2.45, 2.75) is 13.3 Å². The van der Waals surface area contributed by atoms with Gasteiger partial charge in [-0.05, 0) is 29.3 Å². The number of amides is 1. The van der Waals surface area contributed by atoms with E-state index in [4.69, 9.17) is 4.74 Å². The average Bonchev–Trinajstić information content (AvgIpc) is 2.72. The monoisotopic (exact) mass is 377 g/mol. The number of nitro benzene ring substituents is 1. The summed E-state index contributed by atoms with van der Waals surface area (Å²) in [5.41, 5.74) is 3.18. The highest BCUT2D eigenvalue weighted by atomic mass is 16.6. The molecule has 0 heterocycles. The number of fused-ring (bicyclic) bond motifs is 1. The van der Waals surface area contributed by atoms with E-state index in [0.29, 0.717) is 12.4 Å². The van der Waals surface area contributed by atoms with Gasteiger partial charge in [0.1, 0.15) is 5.75 Å². The van der Waals surface area contributed by atoms with Gasteiger partial charge in [0, 0.05) is 23.3 Å². The largest absolute Gasteiger partial charge is 0.493 e. The van der Waals surface area contributed by atoms with Crippen LogP contribution in [-0.4, -0.2) is 23.7 Å². The van der Waals surface area contributed by atoms with Gasteiger partial charge in [0.05, 0.1) is 17.7 Å². The van der Waals surface area contributed by atoms with Crippen molar-refractivity contribution in [3.05, 3.63) is 81.9 Å². The summed E-state index contributed by atoms with van der Waals surface area (Å²) in [5, 5.41) is 16.9. The summed E-state index contributed by atoms with van der Waals surface area (Å²) in [4.78, 5) is 22.6. The molecule has 3 rings (SSSR count). The van der Waals surface area contributed by atoms with E-state index in [1.165, 1.54) is 30.5 Å². The topological polar surface area (TPSA) is 93.8 Å². The Morgan fingerprint density at radius 3 is 2.79 bits per heavy atom. The number of nitrogens with one attached hydrogen (secondary N) is 1. The standard InChI is InChI=1S/C21H19N3O4/c1-2-12-28-20-11-10-15-6-3-4-9-18(15)19(20)14-22-23-21(25)16-7-5-8-17(13-16)24(26)27/h3-11,13-14H,2,12H2,1H3,(H,23,25)/b22-14+. The van der Waals surface area contributed by atoms with Crippen molar-refractivity contribution in [1.82, 2.24) is 5.43 Å². The summed E-state index contributed by atoms with van der Waals surface area (Å²) in [6.07, 6.45) is 2.40. The summed E-state index contributed by atoms with van der Waals surface area (Å²) in [7, 11) is 0. The van der Waals surface area contributed by atoms with E-state index in [0.717, 1.165) is 22.8 Å². The van der Waals surface area contributed by atoms with Crippen LogP contribution in [0.2, 0.25) is 0 Å². The number of rotatable bonds is 7. The molecule has 3 aromatic carbocycles. The molecule has 0 saturated carbocycles. The van der Waals surface area contributed by atoms with Crippen LogP contribution >= 0.6 is 0 Å². The van der Waals surface area contributed by atoms with Gasteiger partial charge in [0.15, 0.2) is 0 Å². The summed E-state index contributed by atoms with van der Waals surface area (Å²) in [5.74, 6) is 0.144. The van der Waals surface area contributed by atoms with Crippen molar-refractivity contribution in [2.24, 2.45) is 5.10 Å². The van der Waals surface area contributed by atoms with Crippen LogP contribution in [0.5, 0.6) is 5.75 Å². The van der Waals surface area contributed by atoms with E-state index >= 15 is 0 Å². The lowest BCUT2D eigenvalue weighted by molar-refractivity contribution is -0.384. The number of non-ortho nitro benzene ring substituents is 1. The van der Waals surface area contributed by atoms with E-state index in [1.807, 2.05) is 43.3 Å². The fourth-order valence-electron chi connectivity index (χ4n) is 2.73. The molecule has 28 heavy (non-hydrogen) atoms. The molecule has 1 amide bonds. The minimum absolute atomic E-state index is 0.152. The Bertz CT molecular complexity index is 1050. The fourth-order valence-corrected chi connectivity index (χ4v) is 2.73. The zero-order valence-corrected chi connectivity index (χ0v) is 15.3. The van der Waals surface area contributed by atoms with E-state index in [9.17, 15) is 14.9 Å². The third-order valence-electron chi connectivity index (χ3n) is 4.07. The molecule has 0 aliphatic carbocycles. The number of carbonyl (C=O) groups excluding carboxylic acids is 1. The molecule has 0 atom stereocenters. The molecule has 3 aromatic rings. The first-order valence-electron chi connectivity index (χ1n) is 8.82. The number of hydrazone groups is 1. The molecule has 0 aromatic heterocycles. The summed E-state index contributed by atoms with van der Waals surface area (Å²) in [6.45, 7) is 2.59. The molecule has 0 unspecified atom stereocenters. The highest BCUT2D eigenvalue weighted by Gasteiger charge is 2.11. The number of nitrogens with zero attached hydrogens (tertiary/aromatic N) is 2. The van der Waals surface area contributed by atoms with Gasteiger partial charge in [-0.25, -0.2) is 5.43 Å². The van der Waals surface area contributed by atoms with Gasteiger partial charge in [0.25, 0.3) is 11.6 Å². The lowest BCUT2D eigenvalue weighted by Crippen LogP contribution is -2.17. The first-order valence-corrected chi connectivity index (χ1v) is 8.82. The van der Waals surface area contributed by atoms with Gasteiger partial charge < -0.3 is 4.74 Å². The predicted octanol–water partition coefficient (Wildman–Crippen LogP) is 4.30. The number of carbonyl (C=O) groups is 1. The third-order valence-corrected chi connectivity index (χ3v) is 4.07. The minimum Gasteiger partial charge on any atom is -0.493 e. The third kappa shape index (κ3) is 4.32. The van der Waals surface area contributed by atoms with Crippen LogP contribution in [0.4, 0.5) is 5.69 Å². The fraction of sp³-hybridized carbons (Fsp3) is 0.143. The first-order chi connectivity index (χ1) is 13.6. The number of hydrogen-bond acceptors (Lipinski definition) is 5. The van der Waals surface area contributed by atoms with Crippen LogP contribution in [-0.2, 0) is 0 Å². The number of nitro groups is 1. The molecule has 0 bridgehead atoms. The molecule has 7 nitrogen and oxygen atoms in total. The van der Waals surface area contributed by atoms with E-state index in [-0.39, 0.29) is 11.3 Å². The van der Waals surface area contributed by atoms with Crippen molar-refractivity contribution in [1.29, 1.82) is 0 Å². The van der Waals surface area contributed by atoms with E-state index in [1.54, 1.807) is 0 Å². The van der Waals surface area contributed by atoms with Gasteiger partial charge in [-0.3, -0.25) is 14.9 Å². The average molecular weight is 377 g/mol. The van der Waals surface area contributed by atoms with Gasteiger partial charge in [0.2, 0.25) is 0 Å². The second-order valence-corrected chi connectivity index (χ2v) is 6.05. The van der Waals surface area contributed by atoms with Gasteiger partial charge in [-0.2, -0.15) is 5.10 Å². The summed E-state index contributed by atoms with van der Waals surface area (Å²) < 4.78 is 5.80. The van der Waals surface area contributed by atoms with Crippen LogP contribution < -0.4 is 10.2 Å². The molecule has 0 fully saturated rings. The van der Waals surface area contributed by atoms with Gasteiger partial charge in [-0.1, -0.05) is 43.3 Å². The van der Waals surface area contributed by atoms with Crippen LogP contribution in [0, 0.1) is 10.1 Å². The van der Waals surface area contributed by atoms with Crippen LogP contribution in [0.3, 0.4) is 0 Å². The zero-order chi connectivity index (χ0) is 19.9. The second-order valence-electron chi connectivity index (χ2n) is 6.05. The maximum atomic E-state index is 12.3. The van der Waals surface area contributed by atoms with Gasteiger partial charge >= 0.3 is 0 Å². The molecule has 0 radical (unpaired) electrons. The van der Waals surface area contributed by atoms with E-state index < -0.39 is 10.8 Å². The molecule has 142 valence electrons. The van der Waals surface area contributed by atoms with Crippen molar-refractivity contribution in [3.63, 3.8) is 0 Å². The smallest absolute Gasteiger partial charge is 0.271 e. The normalized spacial score (nSPS) is 10.9. The molecular weight excluding hydrogens is 358 g/mol. The minimum atomic E-state index is -0.548. The summed E-state index contributed by atoms with van der Waals surface area (Å²) in [6, 6.07) is 17.1. The SMILES string of the molecule is CCCOc1ccc2ccccc2c1/C=N/NC(=O)c1cccc([N+](=O)[O-])c1. The van der Waals surface area contributed by atoms with Crippen molar-refractivity contribution >= 4 is 28.6 Å². The Morgan fingerprint density at radius 1 is 1.18 bits per heavy atom. The zero-order valence-electron chi connectivity index (χ0n) is 15.3. The Kier molecular flexibility index (Phi) is 5.96. The highest BCUT2D eigenvalue weighted by Crippen LogP contribution is 2.26. The van der Waals surface area contributed by atoms with Crippen LogP contribution in [0.15, 0.2) is 65.8 Å². The number of ether oxygens (including phenoxy) is 1. The van der Waals surface area contributed by atoms with Crippen molar-refractivity contribution in [3.8, 4) is 5.75 Å². The van der Waals surface area contributed by atoms with Crippen LogP contribution in [0.1, 0.15) is 29.3 Å². The Balaban J connectivity index is 1.85. The molecule has 7 heteroatoms. The Hall–Kier alpha value is -3.74. The number of hydrogen-bond donors (Lipinski definition) is 1. The molecule has 0 spiro atoms.